The van der Waals surface area contributed by atoms with Crippen molar-refractivity contribution in [2.75, 3.05) is 19.8 Å². The summed E-state index contributed by atoms with van der Waals surface area (Å²) in [7, 11) is 0. The maximum absolute atomic E-state index is 11.6. The van der Waals surface area contributed by atoms with E-state index in [2.05, 4.69) is 19.2 Å². The molecule has 1 N–H and O–H groups in total. The lowest BCUT2D eigenvalue weighted by Gasteiger charge is -2.12. The number of ether oxygens (including phenoxy) is 1. The van der Waals surface area contributed by atoms with Crippen molar-refractivity contribution in [3.8, 4) is 0 Å². The first kappa shape index (κ1) is 13.8. The fraction of sp³-hybridized carbons (Fsp3) is 1.00. The normalized spacial score (nSPS) is 13.5. The van der Waals surface area contributed by atoms with Gasteiger partial charge in [-0.05, 0) is 13.3 Å². The third-order valence-corrected chi connectivity index (χ3v) is 1.97. The van der Waals surface area contributed by atoms with E-state index in [0.29, 0.717) is 19.2 Å². The topological polar surface area (TPSA) is 21.3 Å². The quantitative estimate of drug-likeness (QED) is 0.589. The Morgan fingerprint density at radius 2 is 2.07 bits per heavy atom. The Bertz CT molecular complexity index is 123. The smallest absolute Gasteiger partial charge is 0.261 e. The van der Waals surface area contributed by atoms with E-state index >= 15 is 0 Å². The zero-order chi connectivity index (χ0) is 10.8. The highest BCUT2D eigenvalue weighted by Gasteiger charge is 2.02. The molecule has 1 unspecified atom stereocenters. The van der Waals surface area contributed by atoms with Crippen LogP contribution in [-0.4, -0.2) is 32.2 Å². The molecule has 86 valence electrons. The first-order chi connectivity index (χ1) is 6.66. The molecule has 0 radical (unpaired) electrons. The molecule has 0 aliphatic heterocycles. The number of rotatable bonds is 9. The first-order valence-electron chi connectivity index (χ1n) is 5.26. The lowest BCUT2D eigenvalue weighted by atomic mass is 10.1. The molecule has 0 saturated heterocycles. The van der Waals surface area contributed by atoms with E-state index in [1.807, 2.05) is 0 Å². The van der Waals surface area contributed by atoms with E-state index in [0.717, 1.165) is 6.42 Å². The second kappa shape index (κ2) is 9.34. The number of alkyl halides is 2. The van der Waals surface area contributed by atoms with Gasteiger partial charge < -0.3 is 10.1 Å². The van der Waals surface area contributed by atoms with Crippen molar-refractivity contribution in [2.24, 2.45) is 0 Å². The summed E-state index contributed by atoms with van der Waals surface area (Å²) < 4.78 is 28.0. The summed E-state index contributed by atoms with van der Waals surface area (Å²) in [6, 6.07) is 0.449. The van der Waals surface area contributed by atoms with Crippen LogP contribution in [0.5, 0.6) is 0 Å². The summed E-state index contributed by atoms with van der Waals surface area (Å²) in [5.74, 6) is 0. The lowest BCUT2D eigenvalue weighted by molar-refractivity contribution is 0.0182. The molecule has 0 aliphatic carbocycles. The van der Waals surface area contributed by atoms with Gasteiger partial charge in [-0.1, -0.05) is 19.8 Å². The van der Waals surface area contributed by atoms with E-state index < -0.39 is 13.0 Å². The lowest BCUT2D eigenvalue weighted by Crippen LogP contribution is -2.29. The molecule has 0 aromatic rings. The highest BCUT2D eigenvalue weighted by Crippen LogP contribution is 1.98. The van der Waals surface area contributed by atoms with Gasteiger partial charge in [-0.2, -0.15) is 0 Å². The van der Waals surface area contributed by atoms with E-state index in [1.54, 1.807) is 0 Å². The minimum atomic E-state index is -2.35. The van der Waals surface area contributed by atoms with Gasteiger partial charge in [0.2, 0.25) is 0 Å². The van der Waals surface area contributed by atoms with Crippen LogP contribution in [0.25, 0.3) is 0 Å². The molecule has 0 heterocycles. The average Bonchev–Trinajstić information content (AvgIpc) is 2.13. The molecule has 0 aliphatic rings. The molecule has 2 nitrogen and oxygen atoms in total. The molecule has 0 aromatic carbocycles. The molecule has 1 atom stereocenters. The Morgan fingerprint density at radius 1 is 1.36 bits per heavy atom. The monoisotopic (exact) mass is 209 g/mol. The van der Waals surface area contributed by atoms with Crippen molar-refractivity contribution in [2.45, 2.75) is 45.6 Å². The van der Waals surface area contributed by atoms with Crippen LogP contribution in [0.3, 0.4) is 0 Å². The van der Waals surface area contributed by atoms with Gasteiger partial charge in [0, 0.05) is 12.6 Å². The number of hydrogen-bond donors (Lipinski definition) is 1. The van der Waals surface area contributed by atoms with Crippen molar-refractivity contribution in [1.29, 1.82) is 0 Å². The summed E-state index contributed by atoms with van der Waals surface area (Å²) in [4.78, 5) is 0. The number of unbranched alkanes of at least 4 members (excludes halogenated alkanes) is 1. The number of nitrogens with one attached hydrogen (secondary N) is 1. The maximum Gasteiger partial charge on any atom is 0.261 e. The minimum absolute atomic E-state index is 0.362. The van der Waals surface area contributed by atoms with Crippen molar-refractivity contribution in [3.63, 3.8) is 0 Å². The van der Waals surface area contributed by atoms with E-state index in [9.17, 15) is 8.78 Å². The summed E-state index contributed by atoms with van der Waals surface area (Å²) in [5, 5.41) is 3.22. The molecule has 0 rings (SSSR count). The zero-order valence-electron chi connectivity index (χ0n) is 9.06. The number of hydrogen-bond acceptors (Lipinski definition) is 2. The van der Waals surface area contributed by atoms with Crippen LogP contribution in [0.1, 0.15) is 33.1 Å². The van der Waals surface area contributed by atoms with Crippen LogP contribution in [-0.2, 0) is 4.74 Å². The molecule has 0 bridgehead atoms. The molecule has 0 saturated carbocycles. The highest BCUT2D eigenvalue weighted by atomic mass is 19.3. The molecule has 0 fully saturated rings. The molecular weight excluding hydrogens is 188 g/mol. The molecule has 0 spiro atoms. The van der Waals surface area contributed by atoms with E-state index in [4.69, 9.17) is 4.74 Å². The predicted molar refractivity (Wildman–Crippen MR) is 53.8 cm³/mol. The molecule has 14 heavy (non-hydrogen) atoms. The van der Waals surface area contributed by atoms with E-state index in [-0.39, 0.29) is 0 Å². The van der Waals surface area contributed by atoms with Crippen LogP contribution >= 0.6 is 0 Å². The Kier molecular flexibility index (Phi) is 9.19. The Labute approximate surface area is 85.0 Å². The first-order valence-corrected chi connectivity index (χ1v) is 5.26. The largest absolute Gasteiger partial charge is 0.374 e. The summed E-state index contributed by atoms with van der Waals surface area (Å²) >= 11 is 0. The minimum Gasteiger partial charge on any atom is -0.374 e. The van der Waals surface area contributed by atoms with Gasteiger partial charge in [0.05, 0.1) is 6.61 Å². The summed E-state index contributed by atoms with van der Waals surface area (Å²) in [6.45, 7) is 4.81. The van der Waals surface area contributed by atoms with Crippen LogP contribution < -0.4 is 5.32 Å². The van der Waals surface area contributed by atoms with Gasteiger partial charge in [0.25, 0.3) is 6.43 Å². The summed E-state index contributed by atoms with van der Waals surface area (Å²) in [6.07, 6.45) is 1.17. The number of halogens is 2. The third kappa shape index (κ3) is 9.86. The van der Waals surface area contributed by atoms with Crippen LogP contribution in [0.4, 0.5) is 8.78 Å². The van der Waals surface area contributed by atoms with Crippen LogP contribution in [0.2, 0.25) is 0 Å². The van der Waals surface area contributed by atoms with Crippen molar-refractivity contribution >= 4 is 0 Å². The molecular formula is C10H21F2NO. The maximum atomic E-state index is 11.6. The van der Waals surface area contributed by atoms with Gasteiger partial charge in [-0.25, -0.2) is 8.78 Å². The van der Waals surface area contributed by atoms with Crippen LogP contribution in [0.15, 0.2) is 0 Å². The standard InChI is InChI=1S/C10H21F2NO/c1-3-4-5-9(2)13-6-7-14-8-10(11)12/h9-10,13H,3-8H2,1-2H3. The molecule has 0 amide bonds. The van der Waals surface area contributed by atoms with Gasteiger partial charge >= 0.3 is 0 Å². The Morgan fingerprint density at radius 3 is 2.64 bits per heavy atom. The van der Waals surface area contributed by atoms with Crippen LogP contribution in [0, 0.1) is 0 Å². The fourth-order valence-electron chi connectivity index (χ4n) is 1.16. The third-order valence-electron chi connectivity index (χ3n) is 1.97. The van der Waals surface area contributed by atoms with Gasteiger partial charge in [0.1, 0.15) is 6.61 Å². The molecule has 0 aromatic heterocycles. The van der Waals surface area contributed by atoms with Crippen molar-refractivity contribution in [3.05, 3.63) is 0 Å². The highest BCUT2D eigenvalue weighted by molar-refractivity contribution is 4.59. The SMILES string of the molecule is CCCCC(C)NCCOCC(F)F. The summed E-state index contributed by atoms with van der Waals surface area (Å²) in [5.41, 5.74) is 0. The van der Waals surface area contributed by atoms with E-state index in [1.165, 1.54) is 12.8 Å². The second-order valence-corrected chi connectivity index (χ2v) is 3.46. The second-order valence-electron chi connectivity index (χ2n) is 3.46. The van der Waals surface area contributed by atoms with Crippen molar-refractivity contribution in [1.82, 2.24) is 5.32 Å². The van der Waals surface area contributed by atoms with Gasteiger partial charge in [0.15, 0.2) is 0 Å². The molecule has 4 heteroatoms. The average molecular weight is 209 g/mol. The Balaban J connectivity index is 3.10. The Hall–Kier alpha value is -0.220. The zero-order valence-corrected chi connectivity index (χ0v) is 9.06. The van der Waals surface area contributed by atoms with Crippen molar-refractivity contribution < 1.29 is 13.5 Å². The van der Waals surface area contributed by atoms with Gasteiger partial charge in [-0.15, -0.1) is 0 Å². The fourth-order valence-corrected chi connectivity index (χ4v) is 1.16. The van der Waals surface area contributed by atoms with Gasteiger partial charge in [-0.3, -0.25) is 0 Å². The predicted octanol–water partition coefficient (Wildman–Crippen LogP) is 2.44.